The van der Waals surface area contributed by atoms with Crippen LogP contribution < -0.4 is 0 Å². The van der Waals surface area contributed by atoms with Gasteiger partial charge in [-0.2, -0.15) is 5.26 Å². The molecule has 0 aromatic carbocycles. The molecule has 0 aromatic heterocycles. The van der Waals surface area contributed by atoms with E-state index in [1.807, 2.05) is 6.07 Å². The molecule has 0 N–H and O–H groups in total. The number of rotatable bonds is 3. The summed E-state index contributed by atoms with van der Waals surface area (Å²) in [5.41, 5.74) is 0. The first-order chi connectivity index (χ1) is 7.00. The molecule has 0 bridgehead atoms. The number of alkyl halides is 2. The lowest BCUT2D eigenvalue weighted by Gasteiger charge is -2.28. The van der Waals surface area contributed by atoms with Crippen molar-refractivity contribution in [2.45, 2.75) is 45.0 Å². The Bertz CT molecular complexity index is 273. The Labute approximate surface area is 88.3 Å². The molecule has 0 spiro atoms. The van der Waals surface area contributed by atoms with Crippen LogP contribution in [0.3, 0.4) is 0 Å². The minimum Gasteiger partial charge on any atom is -0.298 e. The fourth-order valence-electron chi connectivity index (χ4n) is 1.97. The maximum atomic E-state index is 12.8. The van der Waals surface area contributed by atoms with Gasteiger partial charge in [-0.3, -0.25) is 4.79 Å². The van der Waals surface area contributed by atoms with Crippen LogP contribution in [0.4, 0.5) is 8.78 Å². The number of hydrogen-bond donors (Lipinski definition) is 0. The molecule has 0 aromatic rings. The average Bonchev–Trinajstić information content (AvgIpc) is 2.19. The molecule has 4 heteroatoms. The van der Waals surface area contributed by atoms with Crippen LogP contribution in [0.25, 0.3) is 0 Å². The molecule has 1 aliphatic carbocycles. The van der Waals surface area contributed by atoms with Gasteiger partial charge in [-0.25, -0.2) is 8.78 Å². The highest BCUT2D eigenvalue weighted by Gasteiger charge is 2.38. The van der Waals surface area contributed by atoms with Crippen molar-refractivity contribution >= 4 is 5.78 Å². The molecule has 1 saturated carbocycles. The number of nitrogens with zero attached hydrogens (tertiary/aromatic N) is 1. The van der Waals surface area contributed by atoms with Gasteiger partial charge < -0.3 is 0 Å². The monoisotopic (exact) mass is 215 g/mol. The molecule has 15 heavy (non-hydrogen) atoms. The summed E-state index contributed by atoms with van der Waals surface area (Å²) >= 11 is 0. The fraction of sp³-hybridized carbons (Fsp3) is 0.818. The highest BCUT2D eigenvalue weighted by atomic mass is 19.3. The number of nitriles is 1. The lowest BCUT2D eigenvalue weighted by Crippen LogP contribution is -2.31. The zero-order chi connectivity index (χ0) is 11.5. The second kappa shape index (κ2) is 4.69. The summed E-state index contributed by atoms with van der Waals surface area (Å²) < 4.78 is 25.7. The number of carbonyl (C=O) groups is 1. The third kappa shape index (κ3) is 2.98. The van der Waals surface area contributed by atoms with Crippen molar-refractivity contribution in [1.29, 1.82) is 5.26 Å². The molecule has 0 saturated heterocycles. The van der Waals surface area contributed by atoms with Crippen LogP contribution in [0.2, 0.25) is 0 Å². The molecule has 84 valence electrons. The standard InChI is InChI=1S/C11H15F2NO/c1-2-8(7-14)10(15)9-3-5-11(12,13)6-4-9/h8-9H,2-6H2,1H3. The van der Waals surface area contributed by atoms with E-state index in [2.05, 4.69) is 0 Å². The fourth-order valence-corrected chi connectivity index (χ4v) is 1.97. The van der Waals surface area contributed by atoms with Crippen molar-refractivity contribution in [2.24, 2.45) is 11.8 Å². The van der Waals surface area contributed by atoms with Gasteiger partial charge in [-0.1, -0.05) is 6.92 Å². The average molecular weight is 215 g/mol. The van der Waals surface area contributed by atoms with Crippen molar-refractivity contribution in [3.05, 3.63) is 0 Å². The molecular weight excluding hydrogens is 200 g/mol. The second-order valence-corrected chi connectivity index (χ2v) is 4.12. The first-order valence-corrected chi connectivity index (χ1v) is 5.31. The van der Waals surface area contributed by atoms with E-state index < -0.39 is 11.8 Å². The number of halogens is 2. The van der Waals surface area contributed by atoms with Crippen molar-refractivity contribution < 1.29 is 13.6 Å². The first-order valence-electron chi connectivity index (χ1n) is 5.31. The molecular formula is C11H15F2NO. The Morgan fingerprint density at radius 2 is 2.07 bits per heavy atom. The Kier molecular flexibility index (Phi) is 3.78. The maximum absolute atomic E-state index is 12.8. The van der Waals surface area contributed by atoms with Gasteiger partial charge in [0.15, 0.2) is 5.78 Å². The molecule has 1 atom stereocenters. The van der Waals surface area contributed by atoms with Crippen LogP contribution in [0.5, 0.6) is 0 Å². The lowest BCUT2D eigenvalue weighted by molar-refractivity contribution is -0.129. The van der Waals surface area contributed by atoms with Crippen LogP contribution in [0.1, 0.15) is 39.0 Å². The molecule has 1 fully saturated rings. The summed E-state index contributed by atoms with van der Waals surface area (Å²) in [6.45, 7) is 1.77. The molecule has 0 amide bonds. The van der Waals surface area contributed by atoms with Gasteiger partial charge in [-0.15, -0.1) is 0 Å². The van der Waals surface area contributed by atoms with Crippen LogP contribution >= 0.6 is 0 Å². The van der Waals surface area contributed by atoms with Crippen molar-refractivity contribution in [3.8, 4) is 6.07 Å². The quantitative estimate of drug-likeness (QED) is 0.726. The zero-order valence-corrected chi connectivity index (χ0v) is 8.80. The van der Waals surface area contributed by atoms with Crippen LogP contribution in [0.15, 0.2) is 0 Å². The summed E-state index contributed by atoms with van der Waals surface area (Å²) in [4.78, 5) is 11.7. The number of Topliss-reactive ketones (excluding diaryl/α,β-unsaturated/α-hetero) is 1. The van der Waals surface area contributed by atoms with Crippen molar-refractivity contribution in [2.75, 3.05) is 0 Å². The topological polar surface area (TPSA) is 40.9 Å². The molecule has 0 aliphatic heterocycles. The van der Waals surface area contributed by atoms with Crippen LogP contribution in [-0.2, 0) is 4.79 Å². The SMILES string of the molecule is CCC(C#N)C(=O)C1CCC(F)(F)CC1. The third-order valence-electron chi connectivity index (χ3n) is 3.03. The smallest absolute Gasteiger partial charge is 0.248 e. The Hall–Kier alpha value is -0.980. The number of ketones is 1. The molecule has 1 unspecified atom stereocenters. The van der Waals surface area contributed by atoms with Gasteiger partial charge >= 0.3 is 0 Å². The van der Waals surface area contributed by atoms with E-state index >= 15 is 0 Å². The van der Waals surface area contributed by atoms with Gasteiger partial charge in [0.05, 0.1) is 6.07 Å². The van der Waals surface area contributed by atoms with Gasteiger partial charge in [0.25, 0.3) is 0 Å². The molecule has 0 heterocycles. The molecule has 1 rings (SSSR count). The maximum Gasteiger partial charge on any atom is 0.248 e. The van der Waals surface area contributed by atoms with Gasteiger partial charge in [-0.05, 0) is 19.3 Å². The minimum absolute atomic E-state index is 0.143. The molecule has 0 radical (unpaired) electrons. The Balaban J connectivity index is 2.54. The van der Waals surface area contributed by atoms with E-state index in [1.54, 1.807) is 6.92 Å². The van der Waals surface area contributed by atoms with Crippen LogP contribution in [-0.4, -0.2) is 11.7 Å². The van der Waals surface area contributed by atoms with E-state index in [1.165, 1.54) is 0 Å². The van der Waals surface area contributed by atoms with Gasteiger partial charge in [0.2, 0.25) is 5.92 Å². The highest BCUT2D eigenvalue weighted by molar-refractivity contribution is 5.85. The first kappa shape index (κ1) is 12.1. The normalized spacial score (nSPS) is 23.1. The van der Waals surface area contributed by atoms with E-state index in [0.29, 0.717) is 6.42 Å². The van der Waals surface area contributed by atoms with E-state index in [4.69, 9.17) is 5.26 Å². The summed E-state index contributed by atoms with van der Waals surface area (Å²) in [6, 6.07) is 1.93. The van der Waals surface area contributed by atoms with E-state index in [-0.39, 0.29) is 37.4 Å². The Morgan fingerprint density at radius 1 is 1.53 bits per heavy atom. The summed E-state index contributed by atoms with van der Waals surface area (Å²) in [7, 11) is 0. The largest absolute Gasteiger partial charge is 0.298 e. The number of carbonyl (C=O) groups excluding carboxylic acids is 1. The highest BCUT2D eigenvalue weighted by Crippen LogP contribution is 2.37. The minimum atomic E-state index is -2.61. The lowest BCUT2D eigenvalue weighted by atomic mass is 9.80. The summed E-state index contributed by atoms with van der Waals surface area (Å²) in [6.07, 6.45) is 0.493. The van der Waals surface area contributed by atoms with Crippen molar-refractivity contribution in [1.82, 2.24) is 0 Å². The van der Waals surface area contributed by atoms with E-state index in [9.17, 15) is 13.6 Å². The van der Waals surface area contributed by atoms with Crippen molar-refractivity contribution in [3.63, 3.8) is 0 Å². The number of hydrogen-bond acceptors (Lipinski definition) is 2. The third-order valence-corrected chi connectivity index (χ3v) is 3.03. The van der Waals surface area contributed by atoms with Gasteiger partial charge in [0, 0.05) is 18.8 Å². The predicted molar refractivity (Wildman–Crippen MR) is 51.3 cm³/mol. The van der Waals surface area contributed by atoms with Crippen LogP contribution in [0, 0.1) is 23.2 Å². The predicted octanol–water partition coefficient (Wildman–Crippen LogP) is 2.93. The molecule has 2 nitrogen and oxygen atoms in total. The van der Waals surface area contributed by atoms with Gasteiger partial charge in [0.1, 0.15) is 5.92 Å². The Morgan fingerprint density at radius 3 is 2.47 bits per heavy atom. The molecule has 1 aliphatic rings. The second-order valence-electron chi connectivity index (χ2n) is 4.12. The summed E-state index contributed by atoms with van der Waals surface area (Å²) in [5, 5.41) is 8.71. The summed E-state index contributed by atoms with van der Waals surface area (Å²) in [5.74, 6) is -3.68. The zero-order valence-electron chi connectivity index (χ0n) is 8.80. The van der Waals surface area contributed by atoms with E-state index in [0.717, 1.165) is 0 Å².